The molecule has 0 bridgehead atoms. The number of rotatable bonds is 9. The summed E-state index contributed by atoms with van der Waals surface area (Å²) in [6.07, 6.45) is 0.737. The molecule has 0 saturated heterocycles. The molecule has 0 radical (unpaired) electrons. The first-order valence-corrected chi connectivity index (χ1v) is 9.22. The van der Waals surface area contributed by atoms with Crippen molar-refractivity contribution in [2.24, 2.45) is 0 Å². The number of carbonyl (C=O) groups excluding carboxylic acids is 2. The number of hydrogen-bond donors (Lipinski definition) is 1. The van der Waals surface area contributed by atoms with E-state index in [0.717, 1.165) is 12.8 Å². The van der Waals surface area contributed by atoms with E-state index in [0.29, 0.717) is 11.5 Å². The number of amides is 1. The number of esters is 1. The molecule has 2 atom stereocenters. The Hall–Kier alpha value is -3.02. The normalized spacial score (nSPS) is 12.6. The van der Waals surface area contributed by atoms with E-state index in [1.165, 1.54) is 19.8 Å². The van der Waals surface area contributed by atoms with Crippen LogP contribution in [0.15, 0.2) is 48.5 Å². The summed E-state index contributed by atoms with van der Waals surface area (Å²) >= 11 is 0. The number of nitrogens with one attached hydrogen (secondary N) is 1. The minimum absolute atomic E-state index is 0.0376. The molecule has 0 aromatic heterocycles. The van der Waals surface area contributed by atoms with E-state index >= 15 is 0 Å². The highest BCUT2D eigenvalue weighted by molar-refractivity contribution is 5.94. The summed E-state index contributed by atoms with van der Waals surface area (Å²) in [4.78, 5) is 24.8. The fourth-order valence-electron chi connectivity index (χ4n) is 2.70. The van der Waals surface area contributed by atoms with Gasteiger partial charge >= 0.3 is 5.97 Å². The lowest BCUT2D eigenvalue weighted by Gasteiger charge is -2.18. The topological polar surface area (TPSA) is 73.9 Å². The molecule has 6 nitrogen and oxygen atoms in total. The predicted octanol–water partition coefficient (Wildman–Crippen LogP) is 3.39. The van der Waals surface area contributed by atoms with Crippen molar-refractivity contribution >= 4 is 11.9 Å². The lowest BCUT2D eigenvalue weighted by Crippen LogP contribution is -2.41. The van der Waals surface area contributed by atoms with Gasteiger partial charge in [-0.05, 0) is 44.4 Å². The van der Waals surface area contributed by atoms with Crippen molar-refractivity contribution in [2.45, 2.75) is 38.8 Å². The highest BCUT2D eigenvalue weighted by Gasteiger charge is 2.22. The summed E-state index contributed by atoms with van der Waals surface area (Å²) in [6, 6.07) is 14.8. The van der Waals surface area contributed by atoms with Crippen LogP contribution in [0.5, 0.6) is 11.5 Å². The summed E-state index contributed by atoms with van der Waals surface area (Å²) in [6.45, 7) is 3.48. The van der Waals surface area contributed by atoms with Crippen molar-refractivity contribution < 1.29 is 23.8 Å². The smallest absolute Gasteiger partial charge is 0.342 e. The van der Waals surface area contributed by atoms with E-state index in [-0.39, 0.29) is 17.5 Å². The Morgan fingerprint density at radius 2 is 1.71 bits per heavy atom. The van der Waals surface area contributed by atoms with Gasteiger partial charge in [-0.15, -0.1) is 0 Å². The monoisotopic (exact) mass is 385 g/mol. The standard InChI is InChI=1S/C22H27NO5/c1-15(10-11-17-8-6-5-7-9-17)23-21(24)16(2)28-22(25)19-13-12-18(26-3)14-20(19)27-4/h5-9,12-16H,10-11H2,1-4H3,(H,23,24)/t15-,16-/m1/s1. The maximum Gasteiger partial charge on any atom is 0.342 e. The van der Waals surface area contributed by atoms with Gasteiger partial charge in [0.1, 0.15) is 17.1 Å². The minimum Gasteiger partial charge on any atom is -0.497 e. The van der Waals surface area contributed by atoms with Gasteiger partial charge in [0, 0.05) is 12.1 Å². The van der Waals surface area contributed by atoms with E-state index in [9.17, 15) is 9.59 Å². The predicted molar refractivity (Wildman–Crippen MR) is 107 cm³/mol. The van der Waals surface area contributed by atoms with Crippen LogP contribution in [0.2, 0.25) is 0 Å². The first-order chi connectivity index (χ1) is 13.4. The second kappa shape index (κ2) is 10.3. The summed E-state index contributed by atoms with van der Waals surface area (Å²) in [5.74, 6) is -0.0694. The molecule has 1 amide bonds. The number of ether oxygens (including phenoxy) is 3. The number of aryl methyl sites for hydroxylation is 1. The molecule has 0 fully saturated rings. The SMILES string of the molecule is COc1ccc(C(=O)O[C@H](C)C(=O)N[C@H](C)CCc2ccccc2)c(OC)c1. The highest BCUT2D eigenvalue weighted by Crippen LogP contribution is 2.25. The Kier molecular flexibility index (Phi) is 7.87. The second-order valence-corrected chi connectivity index (χ2v) is 6.55. The number of hydrogen-bond acceptors (Lipinski definition) is 5. The Morgan fingerprint density at radius 3 is 2.36 bits per heavy atom. The lowest BCUT2D eigenvalue weighted by atomic mass is 10.1. The number of methoxy groups -OCH3 is 2. The fraction of sp³-hybridized carbons (Fsp3) is 0.364. The first kappa shape index (κ1) is 21.3. The van der Waals surface area contributed by atoms with E-state index < -0.39 is 12.1 Å². The average molecular weight is 385 g/mol. The molecule has 1 N–H and O–H groups in total. The zero-order valence-electron chi connectivity index (χ0n) is 16.7. The van der Waals surface area contributed by atoms with Gasteiger partial charge in [-0.25, -0.2) is 4.79 Å². The van der Waals surface area contributed by atoms with Gasteiger partial charge in [-0.3, -0.25) is 4.79 Å². The van der Waals surface area contributed by atoms with Crippen molar-refractivity contribution in [3.8, 4) is 11.5 Å². The highest BCUT2D eigenvalue weighted by atomic mass is 16.5. The zero-order chi connectivity index (χ0) is 20.5. The van der Waals surface area contributed by atoms with Crippen molar-refractivity contribution in [1.29, 1.82) is 0 Å². The number of carbonyl (C=O) groups is 2. The maximum atomic E-state index is 12.4. The molecular weight excluding hydrogens is 358 g/mol. The van der Waals surface area contributed by atoms with E-state index in [1.807, 2.05) is 25.1 Å². The van der Waals surface area contributed by atoms with E-state index in [2.05, 4.69) is 17.4 Å². The molecular formula is C22H27NO5. The molecule has 0 aliphatic rings. The molecule has 0 saturated carbocycles. The van der Waals surface area contributed by atoms with Crippen molar-refractivity contribution in [3.63, 3.8) is 0 Å². The van der Waals surface area contributed by atoms with Crippen LogP contribution in [-0.2, 0) is 16.0 Å². The van der Waals surface area contributed by atoms with Crippen LogP contribution >= 0.6 is 0 Å². The van der Waals surface area contributed by atoms with Gasteiger partial charge in [-0.1, -0.05) is 30.3 Å². The van der Waals surface area contributed by atoms with Crippen LogP contribution < -0.4 is 14.8 Å². The second-order valence-electron chi connectivity index (χ2n) is 6.55. The van der Waals surface area contributed by atoms with Gasteiger partial charge in [-0.2, -0.15) is 0 Å². The molecule has 6 heteroatoms. The third-order valence-corrected chi connectivity index (χ3v) is 4.38. The molecule has 2 rings (SSSR count). The van der Waals surface area contributed by atoms with E-state index in [4.69, 9.17) is 14.2 Å². The molecule has 2 aromatic carbocycles. The molecule has 2 aromatic rings. The van der Waals surface area contributed by atoms with Crippen LogP contribution in [0.25, 0.3) is 0 Å². The van der Waals surface area contributed by atoms with Gasteiger partial charge in [0.15, 0.2) is 6.10 Å². The largest absolute Gasteiger partial charge is 0.497 e. The Bertz CT molecular complexity index is 791. The first-order valence-electron chi connectivity index (χ1n) is 9.22. The van der Waals surface area contributed by atoms with Gasteiger partial charge in [0.05, 0.1) is 14.2 Å². The Labute approximate surface area is 165 Å². The lowest BCUT2D eigenvalue weighted by molar-refractivity contribution is -0.129. The summed E-state index contributed by atoms with van der Waals surface area (Å²) in [5.41, 5.74) is 1.45. The van der Waals surface area contributed by atoms with Crippen molar-refractivity contribution in [1.82, 2.24) is 5.32 Å². The Morgan fingerprint density at radius 1 is 1.00 bits per heavy atom. The fourth-order valence-corrected chi connectivity index (χ4v) is 2.70. The Balaban J connectivity index is 1.88. The molecule has 0 unspecified atom stereocenters. The maximum absolute atomic E-state index is 12.4. The molecule has 0 aliphatic heterocycles. The summed E-state index contributed by atoms with van der Waals surface area (Å²) in [5, 5.41) is 2.89. The minimum atomic E-state index is -0.918. The van der Waals surface area contributed by atoms with Crippen LogP contribution in [0.4, 0.5) is 0 Å². The molecule has 150 valence electrons. The van der Waals surface area contributed by atoms with Crippen molar-refractivity contribution in [3.05, 3.63) is 59.7 Å². The summed E-state index contributed by atoms with van der Waals surface area (Å²) in [7, 11) is 2.98. The summed E-state index contributed by atoms with van der Waals surface area (Å²) < 4.78 is 15.6. The van der Waals surface area contributed by atoms with Gasteiger partial charge < -0.3 is 19.5 Å². The molecule has 0 heterocycles. The average Bonchev–Trinajstić information content (AvgIpc) is 2.72. The third-order valence-electron chi connectivity index (χ3n) is 4.38. The zero-order valence-corrected chi connectivity index (χ0v) is 16.7. The quantitative estimate of drug-likeness (QED) is 0.670. The van der Waals surface area contributed by atoms with Crippen LogP contribution in [0, 0.1) is 0 Å². The van der Waals surface area contributed by atoms with Crippen LogP contribution in [-0.4, -0.2) is 38.2 Å². The van der Waals surface area contributed by atoms with Crippen LogP contribution in [0.3, 0.4) is 0 Å². The number of benzene rings is 2. The van der Waals surface area contributed by atoms with Gasteiger partial charge in [0.2, 0.25) is 0 Å². The van der Waals surface area contributed by atoms with Gasteiger partial charge in [0.25, 0.3) is 5.91 Å². The van der Waals surface area contributed by atoms with E-state index in [1.54, 1.807) is 25.1 Å². The molecule has 0 aliphatic carbocycles. The van der Waals surface area contributed by atoms with Crippen LogP contribution in [0.1, 0.15) is 36.2 Å². The third kappa shape index (κ3) is 6.01. The van der Waals surface area contributed by atoms with Crippen molar-refractivity contribution in [2.75, 3.05) is 14.2 Å². The molecule has 0 spiro atoms. The molecule has 28 heavy (non-hydrogen) atoms.